The van der Waals surface area contributed by atoms with Crippen LogP contribution < -0.4 is 16.0 Å². The Balaban J connectivity index is 2.40. The topological polar surface area (TPSA) is 47.3 Å². The Bertz CT molecular complexity index is 391. The van der Waals surface area contributed by atoms with Crippen LogP contribution in [0.3, 0.4) is 0 Å². The predicted molar refractivity (Wildman–Crippen MR) is 60.4 cm³/mol. The standard InChI is InChI=1S/C12H17FN2O/c1-12(5-6-12)11(15-14)9-7-8(13)3-4-10(9)16-2/h3-4,7,11,15H,5-6,14H2,1-2H3. The monoisotopic (exact) mass is 224 g/mol. The van der Waals surface area contributed by atoms with Crippen LogP contribution in [0, 0.1) is 11.2 Å². The van der Waals surface area contributed by atoms with Crippen molar-refractivity contribution in [1.29, 1.82) is 0 Å². The maximum absolute atomic E-state index is 13.3. The van der Waals surface area contributed by atoms with Crippen LogP contribution in [0.5, 0.6) is 5.75 Å². The van der Waals surface area contributed by atoms with Crippen molar-refractivity contribution in [3.05, 3.63) is 29.6 Å². The quantitative estimate of drug-likeness (QED) is 0.608. The van der Waals surface area contributed by atoms with Crippen LogP contribution in [-0.2, 0) is 0 Å². The van der Waals surface area contributed by atoms with Gasteiger partial charge in [0, 0.05) is 5.56 Å². The van der Waals surface area contributed by atoms with Crippen molar-refractivity contribution < 1.29 is 9.13 Å². The van der Waals surface area contributed by atoms with Crippen LogP contribution in [-0.4, -0.2) is 7.11 Å². The Hall–Kier alpha value is -1.13. The summed E-state index contributed by atoms with van der Waals surface area (Å²) in [6.07, 6.45) is 2.20. The fraction of sp³-hybridized carbons (Fsp3) is 0.500. The summed E-state index contributed by atoms with van der Waals surface area (Å²) in [6.45, 7) is 2.14. The van der Waals surface area contributed by atoms with Crippen molar-refractivity contribution in [2.75, 3.05) is 7.11 Å². The summed E-state index contributed by atoms with van der Waals surface area (Å²) < 4.78 is 18.5. The second-order valence-electron chi connectivity index (χ2n) is 4.64. The molecule has 16 heavy (non-hydrogen) atoms. The molecule has 1 aromatic rings. The summed E-state index contributed by atoms with van der Waals surface area (Å²) in [4.78, 5) is 0. The number of rotatable bonds is 4. The number of benzene rings is 1. The lowest BCUT2D eigenvalue weighted by atomic mass is 9.91. The zero-order chi connectivity index (χ0) is 11.8. The highest BCUT2D eigenvalue weighted by atomic mass is 19.1. The number of hydrogen-bond acceptors (Lipinski definition) is 3. The van der Waals surface area contributed by atoms with E-state index < -0.39 is 0 Å². The molecule has 3 N–H and O–H groups in total. The van der Waals surface area contributed by atoms with E-state index >= 15 is 0 Å². The van der Waals surface area contributed by atoms with E-state index in [1.54, 1.807) is 13.2 Å². The van der Waals surface area contributed by atoms with Gasteiger partial charge >= 0.3 is 0 Å². The molecule has 1 fully saturated rings. The first-order valence-electron chi connectivity index (χ1n) is 5.40. The predicted octanol–water partition coefficient (Wildman–Crippen LogP) is 2.14. The number of hydrazine groups is 1. The van der Waals surface area contributed by atoms with Crippen LogP contribution in [0.2, 0.25) is 0 Å². The minimum atomic E-state index is -0.264. The number of hydrogen-bond donors (Lipinski definition) is 2. The van der Waals surface area contributed by atoms with Crippen molar-refractivity contribution in [1.82, 2.24) is 5.43 Å². The molecule has 4 heteroatoms. The first kappa shape index (κ1) is 11.4. The molecule has 0 bridgehead atoms. The first-order valence-corrected chi connectivity index (χ1v) is 5.40. The third-order valence-electron chi connectivity index (χ3n) is 3.41. The number of nitrogens with one attached hydrogen (secondary N) is 1. The third kappa shape index (κ3) is 1.90. The number of methoxy groups -OCH3 is 1. The molecule has 0 aromatic heterocycles. The Morgan fingerprint density at radius 1 is 1.50 bits per heavy atom. The molecule has 1 aliphatic carbocycles. The second-order valence-corrected chi connectivity index (χ2v) is 4.64. The minimum Gasteiger partial charge on any atom is -0.496 e. The van der Waals surface area contributed by atoms with Gasteiger partial charge < -0.3 is 4.74 Å². The summed E-state index contributed by atoms with van der Waals surface area (Å²) in [5.41, 5.74) is 3.69. The number of nitrogens with two attached hydrogens (primary N) is 1. The van der Waals surface area contributed by atoms with Gasteiger partial charge in [0.2, 0.25) is 0 Å². The number of halogens is 1. The highest BCUT2D eigenvalue weighted by molar-refractivity contribution is 5.38. The van der Waals surface area contributed by atoms with Crippen molar-refractivity contribution in [3.8, 4) is 5.75 Å². The van der Waals surface area contributed by atoms with Crippen LogP contribution >= 0.6 is 0 Å². The Labute approximate surface area is 94.8 Å². The summed E-state index contributed by atoms with van der Waals surface area (Å²) in [5.74, 6) is 5.99. The lowest BCUT2D eigenvalue weighted by Crippen LogP contribution is -2.33. The van der Waals surface area contributed by atoms with E-state index in [9.17, 15) is 4.39 Å². The molecule has 3 nitrogen and oxygen atoms in total. The highest BCUT2D eigenvalue weighted by Crippen LogP contribution is 2.55. The molecule has 2 rings (SSSR count). The molecule has 0 heterocycles. The Morgan fingerprint density at radius 3 is 2.69 bits per heavy atom. The fourth-order valence-electron chi connectivity index (χ4n) is 2.08. The highest BCUT2D eigenvalue weighted by Gasteiger charge is 2.46. The normalized spacial score (nSPS) is 19.2. The van der Waals surface area contributed by atoms with Crippen LogP contribution in [0.4, 0.5) is 4.39 Å². The van der Waals surface area contributed by atoms with Gasteiger partial charge in [-0.05, 0) is 36.5 Å². The van der Waals surface area contributed by atoms with E-state index in [-0.39, 0.29) is 17.3 Å². The second kappa shape index (κ2) is 4.03. The molecule has 1 atom stereocenters. The summed E-state index contributed by atoms with van der Waals surface area (Å²) in [7, 11) is 1.58. The van der Waals surface area contributed by atoms with Crippen molar-refractivity contribution in [2.24, 2.45) is 11.3 Å². The van der Waals surface area contributed by atoms with Crippen LogP contribution in [0.15, 0.2) is 18.2 Å². The molecule has 88 valence electrons. The van der Waals surface area contributed by atoms with E-state index in [1.807, 2.05) is 0 Å². The Morgan fingerprint density at radius 2 is 2.19 bits per heavy atom. The van der Waals surface area contributed by atoms with Gasteiger partial charge in [-0.15, -0.1) is 0 Å². The van der Waals surface area contributed by atoms with Gasteiger partial charge in [-0.3, -0.25) is 11.3 Å². The fourth-order valence-corrected chi connectivity index (χ4v) is 2.08. The molecule has 1 saturated carbocycles. The maximum Gasteiger partial charge on any atom is 0.123 e. The third-order valence-corrected chi connectivity index (χ3v) is 3.41. The van der Waals surface area contributed by atoms with Gasteiger partial charge in [-0.2, -0.15) is 0 Å². The van der Waals surface area contributed by atoms with Crippen molar-refractivity contribution >= 4 is 0 Å². The van der Waals surface area contributed by atoms with Gasteiger partial charge in [-0.1, -0.05) is 6.92 Å². The molecule has 0 radical (unpaired) electrons. The molecular weight excluding hydrogens is 207 g/mol. The molecule has 0 saturated heterocycles. The largest absolute Gasteiger partial charge is 0.496 e. The van der Waals surface area contributed by atoms with Crippen molar-refractivity contribution in [3.63, 3.8) is 0 Å². The van der Waals surface area contributed by atoms with Gasteiger partial charge in [-0.25, -0.2) is 4.39 Å². The van der Waals surface area contributed by atoms with E-state index in [4.69, 9.17) is 10.6 Å². The van der Waals surface area contributed by atoms with Gasteiger partial charge in [0.25, 0.3) is 0 Å². The molecule has 0 amide bonds. The molecule has 1 aromatic carbocycles. The summed E-state index contributed by atoms with van der Waals surface area (Å²) >= 11 is 0. The van der Waals surface area contributed by atoms with Crippen LogP contribution in [0.25, 0.3) is 0 Å². The Kier molecular flexibility index (Phi) is 2.86. The van der Waals surface area contributed by atoms with E-state index in [0.717, 1.165) is 18.4 Å². The van der Waals surface area contributed by atoms with Gasteiger partial charge in [0.05, 0.1) is 13.2 Å². The van der Waals surface area contributed by atoms with E-state index in [0.29, 0.717) is 5.75 Å². The van der Waals surface area contributed by atoms with Gasteiger partial charge in [0.15, 0.2) is 0 Å². The average Bonchev–Trinajstić information content (AvgIpc) is 2.98. The molecular formula is C12H17FN2O. The van der Waals surface area contributed by atoms with Crippen molar-refractivity contribution in [2.45, 2.75) is 25.8 Å². The summed E-state index contributed by atoms with van der Waals surface area (Å²) in [6, 6.07) is 4.47. The number of ether oxygens (including phenoxy) is 1. The SMILES string of the molecule is COc1ccc(F)cc1C(NN)C1(C)CC1. The molecule has 0 spiro atoms. The maximum atomic E-state index is 13.3. The zero-order valence-electron chi connectivity index (χ0n) is 9.59. The van der Waals surface area contributed by atoms with E-state index in [1.165, 1.54) is 12.1 Å². The lowest BCUT2D eigenvalue weighted by molar-refractivity contribution is 0.345. The van der Waals surface area contributed by atoms with Gasteiger partial charge in [0.1, 0.15) is 11.6 Å². The van der Waals surface area contributed by atoms with Crippen LogP contribution in [0.1, 0.15) is 31.4 Å². The smallest absolute Gasteiger partial charge is 0.123 e. The first-order chi connectivity index (χ1) is 7.60. The minimum absolute atomic E-state index is 0.0573. The summed E-state index contributed by atoms with van der Waals surface area (Å²) in [5, 5.41) is 0. The van der Waals surface area contributed by atoms with E-state index in [2.05, 4.69) is 12.3 Å². The molecule has 1 unspecified atom stereocenters. The molecule has 1 aliphatic rings. The lowest BCUT2D eigenvalue weighted by Gasteiger charge is -2.24. The average molecular weight is 224 g/mol. The zero-order valence-corrected chi connectivity index (χ0v) is 9.59. The molecule has 0 aliphatic heterocycles.